The fourth-order valence-electron chi connectivity index (χ4n) is 1.13. The Balaban J connectivity index is 2.50. The number of aromatic nitrogens is 6. The van der Waals surface area contributed by atoms with Crippen LogP contribution in [0.5, 0.6) is 0 Å². The Kier molecular flexibility index (Phi) is 2.69. The van der Waals surface area contributed by atoms with Crippen molar-refractivity contribution in [3.8, 4) is 11.4 Å². The maximum absolute atomic E-state index is 5.90. The van der Waals surface area contributed by atoms with Crippen molar-refractivity contribution in [3.05, 3.63) is 11.5 Å². The maximum Gasteiger partial charge on any atom is 0.211 e. The van der Waals surface area contributed by atoms with Crippen molar-refractivity contribution < 1.29 is 0 Å². The van der Waals surface area contributed by atoms with Gasteiger partial charge in [-0.1, -0.05) is 11.6 Å². The highest BCUT2D eigenvalue weighted by atomic mass is 35.5. The van der Waals surface area contributed by atoms with Crippen LogP contribution in [-0.4, -0.2) is 30.2 Å². The van der Waals surface area contributed by atoms with Crippen molar-refractivity contribution >= 4 is 17.4 Å². The van der Waals surface area contributed by atoms with E-state index in [0.29, 0.717) is 11.4 Å². The van der Waals surface area contributed by atoms with Crippen LogP contribution < -0.4 is 5.73 Å². The van der Waals surface area contributed by atoms with E-state index in [1.807, 2.05) is 13.8 Å². The fourth-order valence-corrected chi connectivity index (χ4v) is 1.35. The number of nitrogens with zero attached hydrogens (tertiary/aromatic N) is 6. The quantitative estimate of drug-likeness (QED) is 0.784. The summed E-state index contributed by atoms with van der Waals surface area (Å²) in [7, 11) is 0. The molecular formula is C8H10ClN7. The lowest BCUT2D eigenvalue weighted by Crippen LogP contribution is -2.05. The van der Waals surface area contributed by atoms with Gasteiger partial charge in [0.1, 0.15) is 22.9 Å². The third-order valence-electron chi connectivity index (χ3n) is 1.94. The van der Waals surface area contributed by atoms with Gasteiger partial charge in [-0.15, -0.1) is 10.2 Å². The first kappa shape index (κ1) is 10.7. The molecule has 84 valence electrons. The van der Waals surface area contributed by atoms with Crippen molar-refractivity contribution in [1.82, 2.24) is 30.2 Å². The molecule has 0 fully saturated rings. The predicted octanol–water partition coefficient (Wildman–Crippen LogP) is 0.947. The topological polar surface area (TPSA) is 95.4 Å². The molecule has 0 amide bonds. The normalized spacial score (nSPS) is 11.0. The van der Waals surface area contributed by atoms with Crippen molar-refractivity contribution in [2.75, 3.05) is 5.73 Å². The van der Waals surface area contributed by atoms with Crippen LogP contribution in [0.4, 0.5) is 5.82 Å². The van der Waals surface area contributed by atoms with E-state index in [1.54, 1.807) is 0 Å². The molecule has 16 heavy (non-hydrogen) atoms. The van der Waals surface area contributed by atoms with Gasteiger partial charge in [-0.3, -0.25) is 0 Å². The highest BCUT2D eigenvalue weighted by Crippen LogP contribution is 2.26. The van der Waals surface area contributed by atoms with Gasteiger partial charge in [0.15, 0.2) is 0 Å². The Labute approximate surface area is 96.6 Å². The first-order valence-corrected chi connectivity index (χ1v) is 5.03. The van der Waals surface area contributed by atoms with E-state index in [0.717, 1.165) is 0 Å². The molecule has 2 rings (SSSR count). The third-order valence-corrected chi connectivity index (χ3v) is 2.23. The fraction of sp³-hybridized carbons (Fsp3) is 0.375. The standard InChI is InChI=1S/C8H10ClN7/c1-4(2)16-14-8(13-15-16)5-6(9)11-3-12-7(5)10/h3-4H,1-2H3,(H2,10,11,12). The average Bonchev–Trinajstić information content (AvgIpc) is 2.66. The van der Waals surface area contributed by atoms with Crippen LogP contribution in [0, 0.1) is 0 Å². The first-order valence-electron chi connectivity index (χ1n) is 4.65. The van der Waals surface area contributed by atoms with E-state index in [9.17, 15) is 0 Å². The molecule has 0 aliphatic rings. The second kappa shape index (κ2) is 4.01. The largest absolute Gasteiger partial charge is 0.383 e. The second-order valence-corrected chi connectivity index (χ2v) is 3.81. The average molecular weight is 240 g/mol. The van der Waals surface area contributed by atoms with E-state index < -0.39 is 0 Å². The van der Waals surface area contributed by atoms with Crippen molar-refractivity contribution in [2.24, 2.45) is 0 Å². The first-order chi connectivity index (χ1) is 7.59. The van der Waals surface area contributed by atoms with Gasteiger partial charge in [0.2, 0.25) is 5.82 Å². The van der Waals surface area contributed by atoms with E-state index in [-0.39, 0.29) is 17.0 Å². The summed E-state index contributed by atoms with van der Waals surface area (Å²) in [5.74, 6) is 0.570. The molecule has 0 saturated carbocycles. The summed E-state index contributed by atoms with van der Waals surface area (Å²) in [6.07, 6.45) is 1.29. The zero-order chi connectivity index (χ0) is 11.7. The number of nitrogen functional groups attached to an aromatic ring is 1. The highest BCUT2D eigenvalue weighted by molar-refractivity contribution is 6.32. The van der Waals surface area contributed by atoms with Gasteiger partial charge in [-0.2, -0.15) is 4.80 Å². The molecule has 7 nitrogen and oxygen atoms in total. The highest BCUT2D eigenvalue weighted by Gasteiger charge is 2.16. The summed E-state index contributed by atoms with van der Waals surface area (Å²) in [5.41, 5.74) is 6.10. The molecule has 2 aromatic heterocycles. The Morgan fingerprint density at radius 3 is 2.69 bits per heavy atom. The van der Waals surface area contributed by atoms with E-state index in [4.69, 9.17) is 17.3 Å². The van der Waals surface area contributed by atoms with E-state index in [1.165, 1.54) is 11.1 Å². The van der Waals surface area contributed by atoms with Gasteiger partial charge in [-0.25, -0.2) is 9.97 Å². The molecule has 0 atom stereocenters. The molecule has 0 aliphatic carbocycles. The molecule has 0 aliphatic heterocycles. The second-order valence-electron chi connectivity index (χ2n) is 3.45. The summed E-state index contributed by atoms with van der Waals surface area (Å²) in [6, 6.07) is 0.117. The zero-order valence-corrected chi connectivity index (χ0v) is 9.55. The SMILES string of the molecule is CC(C)n1nnc(-c2c(N)ncnc2Cl)n1. The van der Waals surface area contributed by atoms with Crippen LogP contribution in [0.2, 0.25) is 5.15 Å². The van der Waals surface area contributed by atoms with E-state index in [2.05, 4.69) is 25.4 Å². The number of anilines is 1. The number of nitrogens with two attached hydrogens (primary N) is 1. The zero-order valence-electron chi connectivity index (χ0n) is 8.79. The van der Waals surface area contributed by atoms with Crippen LogP contribution in [0.1, 0.15) is 19.9 Å². The van der Waals surface area contributed by atoms with Gasteiger partial charge in [0.05, 0.1) is 6.04 Å². The molecule has 2 N–H and O–H groups in total. The summed E-state index contributed by atoms with van der Waals surface area (Å²) >= 11 is 5.90. The molecule has 2 aromatic rings. The lowest BCUT2D eigenvalue weighted by Gasteiger charge is -2.01. The third kappa shape index (κ3) is 1.81. The summed E-state index contributed by atoms with van der Waals surface area (Å²) < 4.78 is 0. The van der Waals surface area contributed by atoms with Crippen molar-refractivity contribution in [1.29, 1.82) is 0 Å². The number of tetrazole rings is 1. The minimum Gasteiger partial charge on any atom is -0.383 e. The van der Waals surface area contributed by atoms with Gasteiger partial charge in [0, 0.05) is 0 Å². The molecule has 8 heteroatoms. The molecule has 0 bridgehead atoms. The van der Waals surface area contributed by atoms with Crippen LogP contribution >= 0.6 is 11.6 Å². The Bertz CT molecular complexity index is 487. The molecule has 2 heterocycles. The van der Waals surface area contributed by atoms with Crippen molar-refractivity contribution in [2.45, 2.75) is 19.9 Å². The van der Waals surface area contributed by atoms with Gasteiger partial charge < -0.3 is 5.73 Å². The van der Waals surface area contributed by atoms with Gasteiger partial charge >= 0.3 is 0 Å². The maximum atomic E-state index is 5.90. The lowest BCUT2D eigenvalue weighted by molar-refractivity contribution is 0.455. The van der Waals surface area contributed by atoms with Crippen LogP contribution in [-0.2, 0) is 0 Å². The lowest BCUT2D eigenvalue weighted by atomic mass is 10.3. The monoisotopic (exact) mass is 239 g/mol. The molecule has 0 unspecified atom stereocenters. The molecular weight excluding hydrogens is 230 g/mol. The van der Waals surface area contributed by atoms with Crippen LogP contribution in [0.25, 0.3) is 11.4 Å². The van der Waals surface area contributed by atoms with E-state index >= 15 is 0 Å². The van der Waals surface area contributed by atoms with Gasteiger partial charge in [-0.05, 0) is 19.1 Å². The van der Waals surface area contributed by atoms with Crippen LogP contribution in [0.3, 0.4) is 0 Å². The number of rotatable bonds is 2. The smallest absolute Gasteiger partial charge is 0.211 e. The molecule has 0 saturated heterocycles. The Morgan fingerprint density at radius 1 is 1.38 bits per heavy atom. The predicted molar refractivity (Wildman–Crippen MR) is 58.7 cm³/mol. The summed E-state index contributed by atoms with van der Waals surface area (Å²) in [5, 5.41) is 12.1. The van der Waals surface area contributed by atoms with Gasteiger partial charge in [0.25, 0.3) is 0 Å². The molecule has 0 aromatic carbocycles. The number of hydrogen-bond donors (Lipinski definition) is 1. The minimum atomic E-state index is 0.117. The minimum absolute atomic E-state index is 0.117. The number of hydrogen-bond acceptors (Lipinski definition) is 6. The Hall–Kier alpha value is -1.76. The molecule has 0 radical (unpaired) electrons. The van der Waals surface area contributed by atoms with Crippen LogP contribution in [0.15, 0.2) is 6.33 Å². The van der Waals surface area contributed by atoms with Crippen molar-refractivity contribution in [3.63, 3.8) is 0 Å². The Morgan fingerprint density at radius 2 is 2.12 bits per heavy atom. The number of halogens is 1. The summed E-state index contributed by atoms with van der Waals surface area (Å²) in [6.45, 7) is 3.88. The molecule has 0 spiro atoms. The summed E-state index contributed by atoms with van der Waals surface area (Å²) in [4.78, 5) is 9.13.